The standard InChI is InChI=1S/C26H26N4O2S/c1-3-32-23-15-11-21(12-16-23)27-25(31)18-33-26-29-28-24(17-20-7-5-4-6-8-20)30(26)22-13-9-19(2)10-14-22/h4-16H,3,17-18H2,1-2H3,(H,27,31). The van der Waals surface area contributed by atoms with Crippen LogP contribution in [0.4, 0.5) is 5.69 Å². The molecular weight excluding hydrogens is 432 g/mol. The zero-order valence-electron chi connectivity index (χ0n) is 18.7. The Morgan fingerprint density at radius 3 is 2.39 bits per heavy atom. The number of nitrogens with one attached hydrogen (secondary N) is 1. The molecule has 0 unspecified atom stereocenters. The van der Waals surface area contributed by atoms with Crippen molar-refractivity contribution in [2.45, 2.75) is 25.4 Å². The fourth-order valence-corrected chi connectivity index (χ4v) is 4.14. The van der Waals surface area contributed by atoms with Crippen LogP contribution >= 0.6 is 11.8 Å². The Labute approximate surface area is 198 Å². The molecule has 1 heterocycles. The highest BCUT2D eigenvalue weighted by molar-refractivity contribution is 7.99. The second-order valence-electron chi connectivity index (χ2n) is 7.53. The molecule has 33 heavy (non-hydrogen) atoms. The molecular formula is C26H26N4O2S. The van der Waals surface area contributed by atoms with E-state index in [4.69, 9.17) is 4.74 Å². The number of hydrogen-bond donors (Lipinski definition) is 1. The molecule has 6 nitrogen and oxygen atoms in total. The van der Waals surface area contributed by atoms with Gasteiger partial charge in [0.1, 0.15) is 11.6 Å². The van der Waals surface area contributed by atoms with E-state index >= 15 is 0 Å². The van der Waals surface area contributed by atoms with Gasteiger partial charge in [-0.3, -0.25) is 9.36 Å². The van der Waals surface area contributed by atoms with Crippen LogP contribution in [0.15, 0.2) is 84.0 Å². The molecule has 0 fully saturated rings. The molecule has 0 radical (unpaired) electrons. The third-order valence-electron chi connectivity index (χ3n) is 4.98. The van der Waals surface area contributed by atoms with Gasteiger partial charge in [-0.15, -0.1) is 10.2 Å². The van der Waals surface area contributed by atoms with Crippen LogP contribution in [-0.2, 0) is 11.2 Å². The van der Waals surface area contributed by atoms with Gasteiger partial charge in [0.15, 0.2) is 5.16 Å². The fraction of sp³-hybridized carbons (Fsp3) is 0.192. The molecule has 1 N–H and O–H groups in total. The zero-order chi connectivity index (χ0) is 23.0. The van der Waals surface area contributed by atoms with E-state index in [0.29, 0.717) is 18.2 Å². The predicted octanol–water partition coefficient (Wildman–Crippen LogP) is 5.30. The molecule has 0 saturated heterocycles. The van der Waals surface area contributed by atoms with E-state index in [-0.39, 0.29) is 11.7 Å². The molecule has 0 aliphatic carbocycles. The van der Waals surface area contributed by atoms with Gasteiger partial charge in [0.25, 0.3) is 0 Å². The van der Waals surface area contributed by atoms with Crippen LogP contribution in [0.25, 0.3) is 5.69 Å². The average Bonchev–Trinajstić information content (AvgIpc) is 3.22. The van der Waals surface area contributed by atoms with Gasteiger partial charge in [-0.1, -0.05) is 59.8 Å². The largest absolute Gasteiger partial charge is 0.494 e. The maximum atomic E-state index is 12.6. The number of benzene rings is 3. The minimum atomic E-state index is -0.104. The van der Waals surface area contributed by atoms with Crippen molar-refractivity contribution in [2.24, 2.45) is 0 Å². The Kier molecular flexibility index (Phi) is 7.42. The number of ether oxygens (including phenoxy) is 1. The molecule has 0 spiro atoms. The Bertz CT molecular complexity index is 1190. The second-order valence-corrected chi connectivity index (χ2v) is 8.47. The summed E-state index contributed by atoms with van der Waals surface area (Å²) in [4.78, 5) is 12.6. The highest BCUT2D eigenvalue weighted by atomic mass is 32.2. The molecule has 0 aliphatic rings. The van der Waals surface area contributed by atoms with Gasteiger partial charge in [-0.05, 0) is 55.8 Å². The quantitative estimate of drug-likeness (QED) is 0.345. The molecule has 0 saturated carbocycles. The van der Waals surface area contributed by atoms with Gasteiger partial charge >= 0.3 is 0 Å². The van der Waals surface area contributed by atoms with E-state index < -0.39 is 0 Å². The first kappa shape index (κ1) is 22.6. The number of carbonyl (C=O) groups excluding carboxylic acids is 1. The van der Waals surface area contributed by atoms with Crippen LogP contribution in [-0.4, -0.2) is 33.0 Å². The van der Waals surface area contributed by atoms with Crippen molar-refractivity contribution in [3.8, 4) is 11.4 Å². The molecule has 0 aliphatic heterocycles. The summed E-state index contributed by atoms with van der Waals surface area (Å²) in [7, 11) is 0. The van der Waals surface area contributed by atoms with E-state index in [1.54, 1.807) is 0 Å². The molecule has 168 valence electrons. The Balaban J connectivity index is 1.49. The number of hydrogen-bond acceptors (Lipinski definition) is 5. The highest BCUT2D eigenvalue weighted by Crippen LogP contribution is 2.24. The number of anilines is 1. The lowest BCUT2D eigenvalue weighted by Gasteiger charge is -2.11. The van der Waals surface area contributed by atoms with Crippen molar-refractivity contribution in [3.63, 3.8) is 0 Å². The number of aryl methyl sites for hydroxylation is 1. The number of rotatable bonds is 9. The van der Waals surface area contributed by atoms with Crippen LogP contribution in [0.1, 0.15) is 23.9 Å². The van der Waals surface area contributed by atoms with Gasteiger partial charge in [-0.25, -0.2) is 0 Å². The summed E-state index contributed by atoms with van der Waals surface area (Å²) in [5, 5.41) is 12.5. The molecule has 4 rings (SSSR count). The highest BCUT2D eigenvalue weighted by Gasteiger charge is 2.16. The van der Waals surface area contributed by atoms with Crippen LogP contribution in [0.5, 0.6) is 5.75 Å². The summed E-state index contributed by atoms with van der Waals surface area (Å²) in [5.74, 6) is 1.73. The molecule has 1 aromatic heterocycles. The summed E-state index contributed by atoms with van der Waals surface area (Å²) in [6.45, 7) is 4.60. The van der Waals surface area contributed by atoms with E-state index in [1.165, 1.54) is 17.3 Å². The summed E-state index contributed by atoms with van der Waals surface area (Å²) in [6, 6.07) is 25.8. The first-order chi connectivity index (χ1) is 16.1. The summed E-state index contributed by atoms with van der Waals surface area (Å²) in [5.41, 5.74) is 4.04. The fourth-order valence-electron chi connectivity index (χ4n) is 3.37. The molecule has 0 bridgehead atoms. The van der Waals surface area contributed by atoms with Gasteiger partial charge in [0, 0.05) is 17.8 Å². The minimum absolute atomic E-state index is 0.104. The van der Waals surface area contributed by atoms with E-state index in [1.807, 2.05) is 54.0 Å². The number of carbonyl (C=O) groups is 1. The zero-order valence-corrected chi connectivity index (χ0v) is 19.5. The first-order valence-electron chi connectivity index (χ1n) is 10.8. The van der Waals surface area contributed by atoms with Gasteiger partial charge < -0.3 is 10.1 Å². The topological polar surface area (TPSA) is 69.0 Å². The molecule has 4 aromatic rings. The lowest BCUT2D eigenvalue weighted by atomic mass is 10.1. The van der Waals surface area contributed by atoms with Crippen LogP contribution < -0.4 is 10.1 Å². The Morgan fingerprint density at radius 2 is 1.70 bits per heavy atom. The van der Waals surface area contributed by atoms with Crippen LogP contribution in [0.2, 0.25) is 0 Å². The Morgan fingerprint density at radius 1 is 0.970 bits per heavy atom. The van der Waals surface area contributed by atoms with Crippen molar-refractivity contribution in [1.29, 1.82) is 0 Å². The van der Waals surface area contributed by atoms with Crippen LogP contribution in [0.3, 0.4) is 0 Å². The van der Waals surface area contributed by atoms with Crippen molar-refractivity contribution in [1.82, 2.24) is 14.8 Å². The van der Waals surface area contributed by atoms with Crippen molar-refractivity contribution >= 4 is 23.4 Å². The Hall–Kier alpha value is -3.58. The number of amides is 1. The van der Waals surface area contributed by atoms with E-state index in [2.05, 4.69) is 58.8 Å². The van der Waals surface area contributed by atoms with E-state index in [0.717, 1.165) is 28.5 Å². The lowest BCUT2D eigenvalue weighted by molar-refractivity contribution is -0.113. The minimum Gasteiger partial charge on any atom is -0.494 e. The molecule has 1 amide bonds. The summed E-state index contributed by atoms with van der Waals surface area (Å²) < 4.78 is 7.47. The third-order valence-corrected chi connectivity index (χ3v) is 5.91. The average molecular weight is 459 g/mol. The van der Waals surface area contributed by atoms with Gasteiger partial charge in [0.05, 0.1) is 12.4 Å². The van der Waals surface area contributed by atoms with Crippen molar-refractivity contribution < 1.29 is 9.53 Å². The third kappa shape index (κ3) is 6.02. The second kappa shape index (κ2) is 10.8. The maximum absolute atomic E-state index is 12.6. The summed E-state index contributed by atoms with van der Waals surface area (Å²) >= 11 is 1.37. The van der Waals surface area contributed by atoms with Crippen molar-refractivity contribution in [2.75, 3.05) is 17.7 Å². The number of nitrogens with zero attached hydrogens (tertiary/aromatic N) is 3. The smallest absolute Gasteiger partial charge is 0.234 e. The van der Waals surface area contributed by atoms with Crippen molar-refractivity contribution in [3.05, 3.63) is 95.8 Å². The monoisotopic (exact) mass is 458 g/mol. The van der Waals surface area contributed by atoms with Crippen LogP contribution in [0, 0.1) is 6.92 Å². The normalized spacial score (nSPS) is 10.7. The van der Waals surface area contributed by atoms with Gasteiger partial charge in [0.2, 0.25) is 5.91 Å². The van der Waals surface area contributed by atoms with E-state index in [9.17, 15) is 4.79 Å². The summed E-state index contributed by atoms with van der Waals surface area (Å²) in [6.07, 6.45) is 0.653. The maximum Gasteiger partial charge on any atom is 0.234 e. The predicted molar refractivity (Wildman–Crippen MR) is 132 cm³/mol. The number of thioether (sulfide) groups is 1. The van der Waals surface area contributed by atoms with Gasteiger partial charge in [-0.2, -0.15) is 0 Å². The first-order valence-corrected chi connectivity index (χ1v) is 11.8. The molecule has 7 heteroatoms. The molecule has 0 atom stereocenters. The molecule has 3 aromatic carbocycles. The SMILES string of the molecule is CCOc1ccc(NC(=O)CSc2nnc(Cc3ccccc3)n2-c2ccc(C)cc2)cc1. The lowest BCUT2D eigenvalue weighted by Crippen LogP contribution is -2.14. The number of aromatic nitrogens is 3.